The summed E-state index contributed by atoms with van der Waals surface area (Å²) < 4.78 is 1.97. The molecule has 3 aromatic rings. The Labute approximate surface area is 121 Å². The average molecular weight is 283 g/mol. The molecule has 0 spiro atoms. The molecule has 98 valence electrons. The van der Waals surface area contributed by atoms with Crippen molar-refractivity contribution < 1.29 is 4.79 Å². The van der Waals surface area contributed by atoms with Crippen LogP contribution in [0.3, 0.4) is 0 Å². The van der Waals surface area contributed by atoms with Crippen molar-refractivity contribution in [1.82, 2.24) is 9.55 Å². The fourth-order valence-electron chi connectivity index (χ4n) is 2.05. The molecular weight excluding hydrogens is 272 g/mol. The lowest BCUT2D eigenvalue weighted by molar-refractivity contribution is 0.112. The first-order chi connectivity index (χ1) is 9.78. The normalized spacial score (nSPS) is 10.4. The number of aromatic nitrogens is 2. The van der Waals surface area contributed by atoms with E-state index in [2.05, 4.69) is 4.98 Å². The van der Waals surface area contributed by atoms with Gasteiger partial charge in [-0.2, -0.15) is 0 Å². The summed E-state index contributed by atoms with van der Waals surface area (Å²) in [5.74, 6) is 0. The van der Waals surface area contributed by atoms with Crippen molar-refractivity contribution in [3.63, 3.8) is 0 Å². The fourth-order valence-corrected chi connectivity index (χ4v) is 2.17. The molecule has 1 aromatic heterocycles. The third kappa shape index (κ3) is 2.36. The molecule has 0 aliphatic carbocycles. The second-order valence-corrected chi connectivity index (χ2v) is 4.80. The largest absolute Gasteiger partial charge is 0.299 e. The first-order valence-electron chi connectivity index (χ1n) is 6.12. The van der Waals surface area contributed by atoms with Gasteiger partial charge in [0.25, 0.3) is 0 Å². The van der Waals surface area contributed by atoms with Gasteiger partial charge in [-0.3, -0.25) is 9.36 Å². The zero-order valence-electron chi connectivity index (χ0n) is 10.5. The zero-order chi connectivity index (χ0) is 13.9. The summed E-state index contributed by atoms with van der Waals surface area (Å²) in [6, 6.07) is 15.0. The molecule has 0 N–H and O–H groups in total. The van der Waals surface area contributed by atoms with E-state index in [9.17, 15) is 4.79 Å². The van der Waals surface area contributed by atoms with Crippen LogP contribution in [-0.4, -0.2) is 15.8 Å². The molecule has 2 aromatic carbocycles. The van der Waals surface area contributed by atoms with Crippen LogP contribution in [0.15, 0.2) is 61.1 Å². The van der Waals surface area contributed by atoms with Crippen LogP contribution in [0.1, 0.15) is 10.4 Å². The number of rotatable bonds is 3. The number of hydrogen-bond donors (Lipinski definition) is 0. The first kappa shape index (κ1) is 12.6. The maximum atomic E-state index is 10.7. The van der Waals surface area contributed by atoms with Crippen LogP contribution in [-0.2, 0) is 0 Å². The molecule has 0 unspecified atom stereocenters. The molecule has 0 fully saturated rings. The Kier molecular flexibility index (Phi) is 3.35. The standard InChI is InChI=1S/C16H11ClN2O/c17-14-5-3-13(4-6-14)16-9-18-11-19(16)15-7-1-12(10-20)2-8-15/h1-11H. The van der Waals surface area contributed by atoms with Crippen molar-refractivity contribution >= 4 is 17.9 Å². The third-order valence-electron chi connectivity index (χ3n) is 3.09. The van der Waals surface area contributed by atoms with Crippen LogP contribution in [0.2, 0.25) is 5.02 Å². The minimum atomic E-state index is 0.655. The molecule has 0 radical (unpaired) electrons. The molecule has 0 aliphatic rings. The second kappa shape index (κ2) is 5.31. The van der Waals surface area contributed by atoms with Gasteiger partial charge in [-0.25, -0.2) is 4.98 Å². The molecule has 3 rings (SSSR count). The van der Waals surface area contributed by atoms with E-state index in [0.717, 1.165) is 23.2 Å². The quantitative estimate of drug-likeness (QED) is 0.681. The predicted molar refractivity (Wildman–Crippen MR) is 79.4 cm³/mol. The first-order valence-corrected chi connectivity index (χ1v) is 6.49. The lowest BCUT2D eigenvalue weighted by atomic mass is 10.1. The Balaban J connectivity index is 2.04. The molecule has 1 heterocycles. The van der Waals surface area contributed by atoms with Gasteiger partial charge in [0, 0.05) is 21.8 Å². The van der Waals surface area contributed by atoms with Crippen molar-refractivity contribution in [3.05, 3.63) is 71.6 Å². The van der Waals surface area contributed by atoms with Crippen molar-refractivity contribution in [2.75, 3.05) is 0 Å². The average Bonchev–Trinajstić information content (AvgIpc) is 2.97. The van der Waals surface area contributed by atoms with E-state index in [1.807, 2.05) is 41.0 Å². The highest BCUT2D eigenvalue weighted by atomic mass is 35.5. The Hall–Kier alpha value is -2.39. The smallest absolute Gasteiger partial charge is 0.150 e. The van der Waals surface area contributed by atoms with E-state index >= 15 is 0 Å². The zero-order valence-corrected chi connectivity index (χ0v) is 11.3. The lowest BCUT2D eigenvalue weighted by Gasteiger charge is -2.08. The number of imidazole rings is 1. The van der Waals surface area contributed by atoms with Gasteiger partial charge in [-0.1, -0.05) is 23.7 Å². The van der Waals surface area contributed by atoms with E-state index in [0.29, 0.717) is 10.6 Å². The maximum absolute atomic E-state index is 10.7. The van der Waals surface area contributed by atoms with Gasteiger partial charge < -0.3 is 0 Å². The molecule has 0 atom stereocenters. The Morgan fingerprint density at radius 2 is 1.70 bits per heavy atom. The van der Waals surface area contributed by atoms with Crippen LogP contribution in [0.4, 0.5) is 0 Å². The number of carbonyl (C=O) groups is 1. The SMILES string of the molecule is O=Cc1ccc(-n2cncc2-c2ccc(Cl)cc2)cc1. The van der Waals surface area contributed by atoms with Gasteiger partial charge in [-0.05, 0) is 36.4 Å². The summed E-state index contributed by atoms with van der Waals surface area (Å²) in [5.41, 5.74) is 3.62. The van der Waals surface area contributed by atoms with Gasteiger partial charge in [0.1, 0.15) is 6.29 Å². The van der Waals surface area contributed by atoms with E-state index < -0.39 is 0 Å². The number of hydrogen-bond acceptors (Lipinski definition) is 2. The highest BCUT2D eigenvalue weighted by Gasteiger charge is 2.06. The third-order valence-corrected chi connectivity index (χ3v) is 3.34. The lowest BCUT2D eigenvalue weighted by Crippen LogP contribution is -1.95. The summed E-state index contributed by atoms with van der Waals surface area (Å²) in [4.78, 5) is 14.9. The van der Waals surface area contributed by atoms with E-state index in [4.69, 9.17) is 11.6 Å². The number of carbonyl (C=O) groups excluding carboxylic acids is 1. The molecule has 20 heavy (non-hydrogen) atoms. The van der Waals surface area contributed by atoms with Gasteiger partial charge in [0.05, 0.1) is 18.2 Å². The summed E-state index contributed by atoms with van der Waals surface area (Å²) >= 11 is 5.91. The highest BCUT2D eigenvalue weighted by Crippen LogP contribution is 2.24. The van der Waals surface area contributed by atoms with E-state index in [-0.39, 0.29) is 0 Å². The van der Waals surface area contributed by atoms with E-state index in [1.165, 1.54) is 0 Å². The van der Waals surface area contributed by atoms with Crippen molar-refractivity contribution in [2.24, 2.45) is 0 Å². The molecule has 0 aliphatic heterocycles. The Morgan fingerprint density at radius 3 is 2.35 bits per heavy atom. The minimum Gasteiger partial charge on any atom is -0.299 e. The maximum Gasteiger partial charge on any atom is 0.150 e. The molecule has 0 bridgehead atoms. The summed E-state index contributed by atoms with van der Waals surface area (Å²) in [5, 5.41) is 0.704. The predicted octanol–water partition coefficient (Wildman–Crippen LogP) is 4.01. The fraction of sp³-hybridized carbons (Fsp3) is 0. The molecule has 0 amide bonds. The topological polar surface area (TPSA) is 34.9 Å². The number of benzene rings is 2. The van der Waals surface area contributed by atoms with Crippen molar-refractivity contribution in [1.29, 1.82) is 0 Å². The highest BCUT2D eigenvalue weighted by molar-refractivity contribution is 6.30. The molecule has 0 saturated carbocycles. The Bertz CT molecular complexity index is 730. The molecule has 0 saturated heterocycles. The van der Waals surface area contributed by atoms with Crippen molar-refractivity contribution in [2.45, 2.75) is 0 Å². The monoisotopic (exact) mass is 282 g/mol. The Morgan fingerprint density at radius 1 is 1.00 bits per heavy atom. The summed E-state index contributed by atoms with van der Waals surface area (Å²) in [6.45, 7) is 0. The molecule has 4 heteroatoms. The van der Waals surface area contributed by atoms with E-state index in [1.54, 1.807) is 24.7 Å². The molecule has 3 nitrogen and oxygen atoms in total. The van der Waals surface area contributed by atoms with Crippen LogP contribution in [0, 0.1) is 0 Å². The number of aldehydes is 1. The van der Waals surface area contributed by atoms with Gasteiger partial charge >= 0.3 is 0 Å². The van der Waals surface area contributed by atoms with Gasteiger partial charge in [-0.15, -0.1) is 0 Å². The van der Waals surface area contributed by atoms with Crippen LogP contribution in [0.25, 0.3) is 16.9 Å². The van der Waals surface area contributed by atoms with Crippen LogP contribution < -0.4 is 0 Å². The second-order valence-electron chi connectivity index (χ2n) is 4.37. The number of halogens is 1. The minimum absolute atomic E-state index is 0.655. The van der Waals surface area contributed by atoms with Crippen molar-refractivity contribution in [3.8, 4) is 16.9 Å². The number of nitrogens with zero attached hydrogens (tertiary/aromatic N) is 2. The summed E-state index contributed by atoms with van der Waals surface area (Å²) in [6.07, 6.45) is 4.38. The molecular formula is C16H11ClN2O. The van der Waals surface area contributed by atoms with Gasteiger partial charge in [0.15, 0.2) is 0 Å². The van der Waals surface area contributed by atoms with Crippen LogP contribution in [0.5, 0.6) is 0 Å². The van der Waals surface area contributed by atoms with Crippen LogP contribution >= 0.6 is 11.6 Å². The van der Waals surface area contributed by atoms with Gasteiger partial charge in [0.2, 0.25) is 0 Å². The summed E-state index contributed by atoms with van der Waals surface area (Å²) in [7, 11) is 0.